The van der Waals surface area contributed by atoms with Crippen molar-refractivity contribution < 1.29 is 4.74 Å². The number of hydrogen-bond donors (Lipinski definition) is 2. The second kappa shape index (κ2) is 5.23. The Morgan fingerprint density at radius 3 is 2.72 bits per heavy atom. The first-order valence-corrected chi connectivity index (χ1v) is 6.12. The van der Waals surface area contributed by atoms with Gasteiger partial charge in [-0.2, -0.15) is 5.10 Å². The third-order valence-corrected chi connectivity index (χ3v) is 3.24. The van der Waals surface area contributed by atoms with Gasteiger partial charge in [-0.1, -0.05) is 13.0 Å². The smallest absolute Gasteiger partial charge is 0.128 e. The zero-order valence-corrected chi connectivity index (χ0v) is 11.1. The van der Waals surface area contributed by atoms with E-state index in [9.17, 15) is 0 Å². The first kappa shape index (κ1) is 12.6. The molecule has 0 saturated carbocycles. The number of nitrogens with one attached hydrogen (secondary N) is 1. The topological polar surface area (TPSA) is 63.9 Å². The van der Waals surface area contributed by atoms with E-state index in [2.05, 4.69) is 29.3 Å². The Morgan fingerprint density at radius 2 is 2.17 bits per heavy atom. The Hall–Kier alpha value is -1.81. The summed E-state index contributed by atoms with van der Waals surface area (Å²) in [5.74, 6) is 0.838. The molecule has 0 aliphatic carbocycles. The summed E-state index contributed by atoms with van der Waals surface area (Å²) >= 11 is 0. The summed E-state index contributed by atoms with van der Waals surface area (Å²) in [4.78, 5) is 0. The van der Waals surface area contributed by atoms with E-state index in [0.717, 1.165) is 34.7 Å². The molecule has 0 amide bonds. The van der Waals surface area contributed by atoms with Crippen LogP contribution in [0.4, 0.5) is 0 Å². The Labute approximate surface area is 107 Å². The zero-order valence-electron chi connectivity index (χ0n) is 11.1. The third kappa shape index (κ3) is 2.11. The van der Waals surface area contributed by atoms with Crippen LogP contribution in [0.15, 0.2) is 18.2 Å². The Bertz CT molecular complexity index is 546. The van der Waals surface area contributed by atoms with Gasteiger partial charge in [0, 0.05) is 12.1 Å². The van der Waals surface area contributed by atoms with E-state index in [1.165, 1.54) is 5.56 Å². The molecule has 0 bridgehead atoms. The van der Waals surface area contributed by atoms with Gasteiger partial charge in [-0.25, -0.2) is 0 Å². The number of nitrogens with two attached hydrogens (primary N) is 1. The van der Waals surface area contributed by atoms with Crippen LogP contribution in [0.3, 0.4) is 0 Å². The first-order chi connectivity index (χ1) is 8.71. The van der Waals surface area contributed by atoms with Crippen LogP contribution in [0, 0.1) is 6.92 Å². The maximum Gasteiger partial charge on any atom is 0.128 e. The van der Waals surface area contributed by atoms with Crippen molar-refractivity contribution in [2.45, 2.75) is 26.8 Å². The van der Waals surface area contributed by atoms with Gasteiger partial charge >= 0.3 is 0 Å². The Balaban J connectivity index is 2.57. The molecule has 3 N–H and O–H groups in total. The number of aromatic nitrogens is 2. The number of methoxy groups -OCH3 is 1. The molecule has 96 valence electrons. The molecule has 4 heteroatoms. The molecule has 0 atom stereocenters. The number of hydrogen-bond acceptors (Lipinski definition) is 3. The van der Waals surface area contributed by atoms with E-state index >= 15 is 0 Å². The van der Waals surface area contributed by atoms with E-state index in [-0.39, 0.29) is 0 Å². The lowest BCUT2D eigenvalue weighted by Gasteiger charge is -2.09. The van der Waals surface area contributed by atoms with Crippen LogP contribution in [0.25, 0.3) is 11.3 Å². The molecule has 0 spiro atoms. The largest absolute Gasteiger partial charge is 0.496 e. The molecule has 4 nitrogen and oxygen atoms in total. The molecule has 2 rings (SSSR count). The number of aromatic amines is 1. The SMILES string of the molecule is CCc1ccc(OC)c(-c2n[nH]c(CN)c2C)c1. The predicted octanol–water partition coefficient (Wildman–Crippen LogP) is 2.41. The van der Waals surface area contributed by atoms with Gasteiger partial charge in [-0.3, -0.25) is 5.10 Å². The van der Waals surface area contributed by atoms with Crippen molar-refractivity contribution in [1.82, 2.24) is 10.2 Å². The van der Waals surface area contributed by atoms with E-state index in [1.807, 2.05) is 13.0 Å². The average molecular weight is 245 g/mol. The molecule has 0 unspecified atom stereocenters. The second-order valence-corrected chi connectivity index (χ2v) is 4.27. The van der Waals surface area contributed by atoms with Crippen LogP contribution in [-0.4, -0.2) is 17.3 Å². The summed E-state index contributed by atoms with van der Waals surface area (Å²) in [6, 6.07) is 6.20. The van der Waals surface area contributed by atoms with Crippen LogP contribution in [0.5, 0.6) is 5.75 Å². The minimum absolute atomic E-state index is 0.467. The van der Waals surface area contributed by atoms with Gasteiger partial charge in [0.2, 0.25) is 0 Å². The minimum Gasteiger partial charge on any atom is -0.496 e. The summed E-state index contributed by atoms with van der Waals surface area (Å²) in [7, 11) is 1.68. The zero-order chi connectivity index (χ0) is 13.1. The molecule has 2 aromatic rings. The van der Waals surface area contributed by atoms with Crippen LogP contribution < -0.4 is 10.5 Å². The maximum atomic E-state index is 5.67. The highest BCUT2D eigenvalue weighted by molar-refractivity contribution is 5.71. The van der Waals surface area contributed by atoms with Gasteiger partial charge in [0.15, 0.2) is 0 Å². The van der Waals surface area contributed by atoms with Gasteiger partial charge in [0.25, 0.3) is 0 Å². The molecular weight excluding hydrogens is 226 g/mol. The molecular formula is C14H19N3O. The monoisotopic (exact) mass is 245 g/mol. The number of aryl methyl sites for hydroxylation is 1. The molecule has 1 heterocycles. The molecule has 0 saturated heterocycles. The number of H-pyrrole nitrogens is 1. The van der Waals surface area contributed by atoms with Crippen LogP contribution >= 0.6 is 0 Å². The number of nitrogens with zero attached hydrogens (tertiary/aromatic N) is 1. The lowest BCUT2D eigenvalue weighted by atomic mass is 10.0. The highest BCUT2D eigenvalue weighted by Gasteiger charge is 2.14. The summed E-state index contributed by atoms with van der Waals surface area (Å²) in [5.41, 5.74) is 10.9. The van der Waals surface area contributed by atoms with E-state index in [1.54, 1.807) is 7.11 Å². The van der Waals surface area contributed by atoms with Gasteiger partial charge in [0.05, 0.1) is 18.5 Å². The van der Waals surface area contributed by atoms with Crippen molar-refractivity contribution >= 4 is 0 Å². The lowest BCUT2D eigenvalue weighted by Crippen LogP contribution is -1.98. The molecule has 0 aliphatic heterocycles. The highest BCUT2D eigenvalue weighted by Crippen LogP contribution is 2.32. The van der Waals surface area contributed by atoms with Crippen molar-refractivity contribution in [2.75, 3.05) is 7.11 Å². The fourth-order valence-corrected chi connectivity index (χ4v) is 2.06. The van der Waals surface area contributed by atoms with Crippen LogP contribution in [0.1, 0.15) is 23.7 Å². The van der Waals surface area contributed by atoms with E-state index in [0.29, 0.717) is 6.54 Å². The standard InChI is InChI=1S/C14H19N3O/c1-4-10-5-6-13(18-3)11(7-10)14-9(2)12(8-15)16-17-14/h5-7H,4,8,15H2,1-3H3,(H,16,17). The van der Waals surface area contributed by atoms with Crippen molar-refractivity contribution in [3.63, 3.8) is 0 Å². The Kier molecular flexibility index (Phi) is 3.67. The normalized spacial score (nSPS) is 10.7. The molecule has 0 aliphatic rings. The second-order valence-electron chi connectivity index (χ2n) is 4.27. The molecule has 0 radical (unpaired) electrons. The van der Waals surface area contributed by atoms with Crippen molar-refractivity contribution in [3.8, 4) is 17.0 Å². The van der Waals surface area contributed by atoms with Gasteiger partial charge in [0.1, 0.15) is 5.75 Å². The lowest BCUT2D eigenvalue weighted by molar-refractivity contribution is 0.416. The molecule has 0 fully saturated rings. The minimum atomic E-state index is 0.467. The van der Waals surface area contributed by atoms with E-state index in [4.69, 9.17) is 10.5 Å². The predicted molar refractivity (Wildman–Crippen MR) is 72.6 cm³/mol. The van der Waals surface area contributed by atoms with Crippen LogP contribution in [0.2, 0.25) is 0 Å². The summed E-state index contributed by atoms with van der Waals surface area (Å²) in [5, 5.41) is 7.34. The summed E-state index contributed by atoms with van der Waals surface area (Å²) in [6.45, 7) is 4.63. The van der Waals surface area contributed by atoms with Crippen molar-refractivity contribution in [2.24, 2.45) is 5.73 Å². The van der Waals surface area contributed by atoms with Crippen molar-refractivity contribution in [3.05, 3.63) is 35.0 Å². The quantitative estimate of drug-likeness (QED) is 0.869. The summed E-state index contributed by atoms with van der Waals surface area (Å²) in [6.07, 6.45) is 0.990. The first-order valence-electron chi connectivity index (χ1n) is 6.12. The van der Waals surface area contributed by atoms with Gasteiger partial charge in [-0.05, 0) is 36.6 Å². The Morgan fingerprint density at radius 1 is 1.39 bits per heavy atom. The summed E-state index contributed by atoms with van der Waals surface area (Å²) < 4.78 is 5.41. The van der Waals surface area contributed by atoms with Gasteiger partial charge in [-0.15, -0.1) is 0 Å². The number of benzene rings is 1. The fourth-order valence-electron chi connectivity index (χ4n) is 2.06. The molecule has 18 heavy (non-hydrogen) atoms. The van der Waals surface area contributed by atoms with Crippen LogP contribution in [-0.2, 0) is 13.0 Å². The van der Waals surface area contributed by atoms with E-state index < -0.39 is 0 Å². The third-order valence-electron chi connectivity index (χ3n) is 3.24. The molecule has 1 aromatic carbocycles. The average Bonchev–Trinajstić information content (AvgIpc) is 2.78. The van der Waals surface area contributed by atoms with Gasteiger partial charge < -0.3 is 10.5 Å². The maximum absolute atomic E-state index is 5.67. The van der Waals surface area contributed by atoms with Crippen molar-refractivity contribution in [1.29, 1.82) is 0 Å². The molecule has 1 aromatic heterocycles. The number of rotatable bonds is 4. The fraction of sp³-hybridized carbons (Fsp3) is 0.357. The number of ether oxygens (including phenoxy) is 1. The highest BCUT2D eigenvalue weighted by atomic mass is 16.5.